The van der Waals surface area contributed by atoms with Crippen molar-refractivity contribution in [1.82, 2.24) is 0 Å². The molecule has 0 aliphatic carbocycles. The molecule has 0 saturated heterocycles. The molecule has 114 valence electrons. The van der Waals surface area contributed by atoms with Crippen molar-refractivity contribution in [2.24, 2.45) is 5.10 Å². The Hall–Kier alpha value is -2.89. The first-order chi connectivity index (χ1) is 10.5. The number of hydrazone groups is 1. The summed E-state index contributed by atoms with van der Waals surface area (Å²) < 4.78 is 0. The van der Waals surface area contributed by atoms with Crippen LogP contribution in [0.5, 0.6) is 5.75 Å². The van der Waals surface area contributed by atoms with Gasteiger partial charge in [0.15, 0.2) is 0 Å². The molecule has 0 atom stereocenters. The van der Waals surface area contributed by atoms with Crippen molar-refractivity contribution in [3.05, 3.63) is 63.7 Å². The second-order valence-corrected chi connectivity index (χ2v) is 4.80. The number of anilines is 1. The first-order valence-electron chi connectivity index (χ1n) is 6.87. The molecule has 2 aromatic carbocycles. The number of benzene rings is 2. The quantitative estimate of drug-likeness (QED) is 0.521. The molecule has 0 fully saturated rings. The fourth-order valence-corrected chi connectivity index (χ4v) is 1.94. The number of hydrogen-bond acceptors (Lipinski definition) is 5. The zero-order chi connectivity index (χ0) is 16.1. The predicted molar refractivity (Wildman–Crippen MR) is 86.6 cm³/mol. The summed E-state index contributed by atoms with van der Waals surface area (Å²) in [5, 5.41) is 26.6. The molecule has 0 aromatic heterocycles. The minimum absolute atomic E-state index is 0.0469. The average molecular weight is 299 g/mol. The molecule has 0 amide bonds. The van der Waals surface area contributed by atoms with Crippen LogP contribution in [0.3, 0.4) is 0 Å². The highest BCUT2D eigenvalue weighted by Crippen LogP contribution is 2.22. The molecule has 6 nitrogen and oxygen atoms in total. The number of nitrogens with zero attached hydrogens (tertiary/aromatic N) is 3. The Morgan fingerprint density at radius 1 is 1.27 bits per heavy atom. The van der Waals surface area contributed by atoms with Crippen LogP contribution < -0.4 is 5.01 Å². The molecule has 1 N–H and O–H groups in total. The van der Waals surface area contributed by atoms with Crippen molar-refractivity contribution in [2.75, 3.05) is 11.6 Å². The molecule has 0 unspecified atom stereocenters. The van der Waals surface area contributed by atoms with E-state index in [4.69, 9.17) is 0 Å². The van der Waals surface area contributed by atoms with Crippen molar-refractivity contribution in [1.29, 1.82) is 0 Å². The van der Waals surface area contributed by atoms with E-state index in [9.17, 15) is 15.2 Å². The molecule has 0 aliphatic rings. The fraction of sp³-hybridized carbons (Fsp3) is 0.188. The summed E-state index contributed by atoms with van der Waals surface area (Å²) in [5.41, 5.74) is 2.28. The first kappa shape index (κ1) is 15.5. The number of aromatic hydroxyl groups is 1. The zero-order valence-electron chi connectivity index (χ0n) is 12.4. The van der Waals surface area contributed by atoms with Gasteiger partial charge in [0.05, 0.1) is 16.8 Å². The zero-order valence-corrected chi connectivity index (χ0v) is 12.4. The van der Waals surface area contributed by atoms with Gasteiger partial charge in [-0.15, -0.1) is 0 Å². The van der Waals surface area contributed by atoms with Crippen LogP contribution in [0.15, 0.2) is 47.6 Å². The number of hydrogen-bond donors (Lipinski definition) is 1. The maximum Gasteiger partial charge on any atom is 0.270 e. The molecule has 0 radical (unpaired) electrons. The summed E-state index contributed by atoms with van der Waals surface area (Å²) in [5.74, 6) is -0.0469. The molecular formula is C16H17N3O3. The normalized spacial score (nSPS) is 10.8. The van der Waals surface area contributed by atoms with Gasteiger partial charge >= 0.3 is 0 Å². The molecule has 22 heavy (non-hydrogen) atoms. The van der Waals surface area contributed by atoms with Gasteiger partial charge in [0.1, 0.15) is 5.75 Å². The van der Waals surface area contributed by atoms with E-state index >= 15 is 0 Å². The van der Waals surface area contributed by atoms with Gasteiger partial charge in [0.25, 0.3) is 5.69 Å². The average Bonchev–Trinajstić information content (AvgIpc) is 2.50. The van der Waals surface area contributed by atoms with Crippen LogP contribution in [-0.2, 0) is 0 Å². The van der Waals surface area contributed by atoms with Crippen molar-refractivity contribution < 1.29 is 10.0 Å². The highest BCUT2D eigenvalue weighted by Gasteiger charge is 2.09. The second kappa shape index (κ2) is 6.71. The van der Waals surface area contributed by atoms with Crippen LogP contribution in [0.2, 0.25) is 0 Å². The van der Waals surface area contributed by atoms with Crippen molar-refractivity contribution in [2.45, 2.75) is 13.8 Å². The lowest BCUT2D eigenvalue weighted by Crippen LogP contribution is -2.15. The van der Waals surface area contributed by atoms with Gasteiger partial charge in [-0.05, 0) is 32.0 Å². The van der Waals surface area contributed by atoms with Crippen LogP contribution in [0.25, 0.3) is 0 Å². The molecule has 2 rings (SSSR count). The predicted octanol–water partition coefficient (Wildman–Crippen LogP) is 3.47. The lowest BCUT2D eigenvalue weighted by atomic mass is 10.2. The summed E-state index contributed by atoms with van der Waals surface area (Å²) >= 11 is 0. The molecule has 0 spiro atoms. The Morgan fingerprint density at radius 2 is 1.95 bits per heavy atom. The molecule has 0 bridgehead atoms. The SMILES string of the molecule is CCN(/N=C\c1cc([N+](=O)[O-])ccc1O)c1ccc(C)cc1. The van der Waals surface area contributed by atoms with Crippen LogP contribution in [0, 0.1) is 17.0 Å². The second-order valence-electron chi connectivity index (χ2n) is 4.80. The summed E-state index contributed by atoms with van der Waals surface area (Å²) in [6.07, 6.45) is 1.42. The number of rotatable bonds is 5. The van der Waals surface area contributed by atoms with E-state index in [1.54, 1.807) is 5.01 Å². The van der Waals surface area contributed by atoms with Gasteiger partial charge in [-0.3, -0.25) is 15.1 Å². The number of phenolic OH excluding ortho intramolecular Hbond substituents is 1. The maximum absolute atomic E-state index is 10.8. The number of non-ortho nitro benzene ring substituents is 1. The minimum atomic E-state index is -0.506. The van der Waals surface area contributed by atoms with Crippen LogP contribution in [0.4, 0.5) is 11.4 Å². The Labute approximate surface area is 128 Å². The van der Waals surface area contributed by atoms with Crippen molar-refractivity contribution >= 4 is 17.6 Å². The molecule has 0 heterocycles. The van der Waals surface area contributed by atoms with Gasteiger partial charge in [-0.2, -0.15) is 5.10 Å². The van der Waals surface area contributed by atoms with Gasteiger partial charge in [0, 0.05) is 24.2 Å². The fourth-order valence-electron chi connectivity index (χ4n) is 1.94. The van der Waals surface area contributed by atoms with Crippen LogP contribution in [0.1, 0.15) is 18.1 Å². The van der Waals surface area contributed by atoms with Gasteiger partial charge in [-0.25, -0.2) is 0 Å². The lowest BCUT2D eigenvalue weighted by molar-refractivity contribution is -0.384. The van der Waals surface area contributed by atoms with Crippen molar-refractivity contribution in [3.63, 3.8) is 0 Å². The largest absolute Gasteiger partial charge is 0.507 e. The third kappa shape index (κ3) is 3.60. The highest BCUT2D eigenvalue weighted by atomic mass is 16.6. The molecule has 0 saturated carbocycles. The summed E-state index contributed by atoms with van der Waals surface area (Å²) in [6.45, 7) is 4.59. The highest BCUT2D eigenvalue weighted by molar-refractivity contribution is 5.85. The lowest BCUT2D eigenvalue weighted by Gasteiger charge is -2.17. The van der Waals surface area contributed by atoms with Gasteiger partial charge < -0.3 is 5.11 Å². The number of phenols is 1. The van der Waals surface area contributed by atoms with Crippen LogP contribution in [-0.4, -0.2) is 22.8 Å². The van der Waals surface area contributed by atoms with Crippen LogP contribution >= 0.6 is 0 Å². The minimum Gasteiger partial charge on any atom is -0.507 e. The Morgan fingerprint density at radius 3 is 2.55 bits per heavy atom. The monoisotopic (exact) mass is 299 g/mol. The maximum atomic E-state index is 10.8. The van der Waals surface area contributed by atoms with Gasteiger partial charge in [-0.1, -0.05) is 17.7 Å². The number of nitro groups is 1. The van der Waals surface area contributed by atoms with Gasteiger partial charge in [0.2, 0.25) is 0 Å². The van der Waals surface area contributed by atoms with E-state index in [1.807, 2.05) is 38.1 Å². The first-order valence-corrected chi connectivity index (χ1v) is 6.87. The third-order valence-corrected chi connectivity index (χ3v) is 3.19. The van der Waals surface area contributed by atoms with E-state index in [0.29, 0.717) is 12.1 Å². The number of aryl methyl sites for hydroxylation is 1. The Balaban J connectivity index is 2.27. The third-order valence-electron chi connectivity index (χ3n) is 3.19. The van der Waals surface area contributed by atoms with E-state index in [1.165, 1.54) is 24.4 Å². The summed E-state index contributed by atoms with van der Waals surface area (Å²) in [7, 11) is 0. The molecule has 2 aromatic rings. The molecular weight excluding hydrogens is 282 g/mol. The summed E-state index contributed by atoms with van der Waals surface area (Å²) in [6, 6.07) is 11.7. The van der Waals surface area contributed by atoms with Crippen molar-refractivity contribution in [3.8, 4) is 5.75 Å². The standard InChI is InChI=1S/C16H17N3O3/c1-3-18(14-6-4-12(2)5-7-14)17-11-13-10-15(19(21)22)8-9-16(13)20/h4-11,20H,3H2,1-2H3/b17-11-. The summed E-state index contributed by atoms with van der Waals surface area (Å²) in [4.78, 5) is 10.3. The molecule has 0 aliphatic heterocycles. The Bertz CT molecular complexity index is 696. The van der Waals surface area contributed by atoms with E-state index in [-0.39, 0.29) is 11.4 Å². The Kier molecular flexibility index (Phi) is 4.73. The molecule has 6 heteroatoms. The smallest absolute Gasteiger partial charge is 0.270 e. The van der Waals surface area contributed by atoms with E-state index < -0.39 is 4.92 Å². The van der Waals surface area contributed by atoms with E-state index in [2.05, 4.69) is 5.10 Å². The topological polar surface area (TPSA) is 79.0 Å². The van der Waals surface area contributed by atoms with E-state index in [0.717, 1.165) is 11.3 Å². The number of nitro benzene ring substituents is 1.